The van der Waals surface area contributed by atoms with Crippen molar-refractivity contribution in [1.82, 2.24) is 25.4 Å². The van der Waals surface area contributed by atoms with Crippen LogP contribution in [-0.4, -0.2) is 33.8 Å². The third-order valence-electron chi connectivity index (χ3n) is 3.97. The van der Waals surface area contributed by atoms with Crippen LogP contribution in [0, 0.1) is 19.7 Å². The van der Waals surface area contributed by atoms with Gasteiger partial charge in [-0.3, -0.25) is 0 Å². The SMILES string of the molecule is C=CCNC(=NCc1nnc(C)n1C)NCCc1ccc(F)cc1C. The van der Waals surface area contributed by atoms with Crippen molar-refractivity contribution in [3.8, 4) is 0 Å². The standard InChI is InChI=1S/C18H25FN6/c1-5-9-20-18(22-12-17-24-23-14(3)25(17)4)21-10-8-15-6-7-16(19)11-13(15)2/h5-7,11H,1,8-10,12H2,2-4H3,(H2,20,21,22). The van der Waals surface area contributed by atoms with Crippen molar-refractivity contribution in [2.24, 2.45) is 12.0 Å². The van der Waals surface area contributed by atoms with Crippen molar-refractivity contribution in [1.29, 1.82) is 0 Å². The van der Waals surface area contributed by atoms with E-state index in [2.05, 4.69) is 32.4 Å². The summed E-state index contributed by atoms with van der Waals surface area (Å²) in [5.74, 6) is 2.13. The number of halogens is 1. The summed E-state index contributed by atoms with van der Waals surface area (Å²) >= 11 is 0. The van der Waals surface area contributed by atoms with E-state index in [4.69, 9.17) is 0 Å². The van der Waals surface area contributed by atoms with Crippen molar-refractivity contribution >= 4 is 5.96 Å². The van der Waals surface area contributed by atoms with Crippen molar-refractivity contribution in [2.45, 2.75) is 26.8 Å². The molecule has 25 heavy (non-hydrogen) atoms. The number of aryl methyl sites for hydroxylation is 2. The van der Waals surface area contributed by atoms with Crippen molar-refractivity contribution in [3.63, 3.8) is 0 Å². The molecule has 0 aliphatic heterocycles. The van der Waals surface area contributed by atoms with E-state index in [9.17, 15) is 4.39 Å². The highest BCUT2D eigenvalue weighted by atomic mass is 19.1. The van der Waals surface area contributed by atoms with Crippen LogP contribution in [0.1, 0.15) is 22.8 Å². The first-order valence-corrected chi connectivity index (χ1v) is 8.24. The Hall–Kier alpha value is -2.70. The van der Waals surface area contributed by atoms with Crippen LogP contribution in [0.4, 0.5) is 4.39 Å². The minimum atomic E-state index is -0.205. The maximum Gasteiger partial charge on any atom is 0.191 e. The molecule has 0 unspecified atom stereocenters. The molecule has 0 saturated carbocycles. The maximum absolute atomic E-state index is 13.2. The molecule has 0 saturated heterocycles. The molecule has 0 radical (unpaired) electrons. The summed E-state index contributed by atoms with van der Waals surface area (Å²) in [6, 6.07) is 4.86. The van der Waals surface area contributed by atoms with Crippen molar-refractivity contribution in [3.05, 3.63) is 59.4 Å². The van der Waals surface area contributed by atoms with Crippen LogP contribution in [-0.2, 0) is 20.0 Å². The zero-order chi connectivity index (χ0) is 18.2. The summed E-state index contributed by atoms with van der Waals surface area (Å²) < 4.78 is 15.1. The van der Waals surface area contributed by atoms with E-state index in [0.29, 0.717) is 25.6 Å². The third-order valence-corrected chi connectivity index (χ3v) is 3.97. The first-order valence-electron chi connectivity index (χ1n) is 8.24. The molecule has 1 aromatic heterocycles. The predicted molar refractivity (Wildman–Crippen MR) is 97.9 cm³/mol. The minimum absolute atomic E-state index is 0.205. The molecule has 1 heterocycles. The highest BCUT2D eigenvalue weighted by Crippen LogP contribution is 2.10. The van der Waals surface area contributed by atoms with Gasteiger partial charge in [-0.05, 0) is 43.5 Å². The Morgan fingerprint density at radius 2 is 2.12 bits per heavy atom. The van der Waals surface area contributed by atoms with Gasteiger partial charge < -0.3 is 15.2 Å². The number of rotatable bonds is 7. The molecule has 1 aromatic carbocycles. The summed E-state index contributed by atoms with van der Waals surface area (Å²) in [5, 5.41) is 14.6. The van der Waals surface area contributed by atoms with Gasteiger partial charge in [-0.15, -0.1) is 16.8 Å². The van der Waals surface area contributed by atoms with Crippen LogP contribution in [0.25, 0.3) is 0 Å². The lowest BCUT2D eigenvalue weighted by molar-refractivity contribution is 0.625. The normalized spacial score (nSPS) is 11.4. The van der Waals surface area contributed by atoms with Gasteiger partial charge in [0.05, 0.1) is 0 Å². The Morgan fingerprint density at radius 1 is 1.32 bits per heavy atom. The zero-order valence-electron chi connectivity index (χ0n) is 15.0. The number of guanidine groups is 1. The average Bonchev–Trinajstić information content (AvgIpc) is 2.90. The fourth-order valence-electron chi connectivity index (χ4n) is 2.34. The fraction of sp³-hybridized carbons (Fsp3) is 0.389. The second kappa shape index (κ2) is 8.96. The van der Waals surface area contributed by atoms with Gasteiger partial charge in [0, 0.05) is 20.1 Å². The molecular weight excluding hydrogens is 319 g/mol. The average molecular weight is 344 g/mol. The Morgan fingerprint density at radius 3 is 2.76 bits per heavy atom. The van der Waals surface area contributed by atoms with Crippen LogP contribution in [0.2, 0.25) is 0 Å². The molecule has 2 N–H and O–H groups in total. The number of nitrogens with one attached hydrogen (secondary N) is 2. The van der Waals surface area contributed by atoms with E-state index in [1.54, 1.807) is 12.1 Å². The first kappa shape index (κ1) is 18.6. The van der Waals surface area contributed by atoms with Gasteiger partial charge in [-0.25, -0.2) is 9.38 Å². The Labute approximate surface area is 147 Å². The third kappa shape index (κ3) is 5.41. The van der Waals surface area contributed by atoms with E-state index in [-0.39, 0.29) is 5.82 Å². The van der Waals surface area contributed by atoms with Crippen LogP contribution in [0.5, 0.6) is 0 Å². The largest absolute Gasteiger partial charge is 0.356 e. The van der Waals surface area contributed by atoms with E-state index >= 15 is 0 Å². The van der Waals surface area contributed by atoms with Crippen molar-refractivity contribution < 1.29 is 4.39 Å². The molecular formula is C18H25FN6. The van der Waals surface area contributed by atoms with Gasteiger partial charge in [0.2, 0.25) is 0 Å². The molecule has 0 fully saturated rings. The van der Waals surface area contributed by atoms with Gasteiger partial charge in [-0.2, -0.15) is 0 Å². The van der Waals surface area contributed by atoms with E-state index in [0.717, 1.165) is 29.2 Å². The number of hydrogen-bond acceptors (Lipinski definition) is 3. The van der Waals surface area contributed by atoms with Crippen LogP contribution >= 0.6 is 0 Å². The molecule has 6 nitrogen and oxygen atoms in total. The number of nitrogens with zero attached hydrogens (tertiary/aromatic N) is 4. The molecule has 0 atom stereocenters. The Bertz CT molecular complexity index is 750. The van der Waals surface area contributed by atoms with E-state index in [1.807, 2.05) is 31.5 Å². The highest BCUT2D eigenvalue weighted by molar-refractivity contribution is 5.79. The summed E-state index contributed by atoms with van der Waals surface area (Å²) in [6.45, 7) is 9.26. The monoisotopic (exact) mass is 344 g/mol. The smallest absolute Gasteiger partial charge is 0.191 e. The van der Waals surface area contributed by atoms with Crippen LogP contribution in [0.15, 0.2) is 35.8 Å². The van der Waals surface area contributed by atoms with Crippen LogP contribution < -0.4 is 10.6 Å². The molecule has 134 valence electrons. The molecule has 0 amide bonds. The lowest BCUT2D eigenvalue weighted by atomic mass is 10.1. The highest BCUT2D eigenvalue weighted by Gasteiger charge is 2.05. The van der Waals surface area contributed by atoms with Crippen LogP contribution in [0.3, 0.4) is 0 Å². The Kier molecular flexibility index (Phi) is 6.68. The molecule has 0 spiro atoms. The number of benzene rings is 1. The zero-order valence-corrected chi connectivity index (χ0v) is 15.0. The first-order chi connectivity index (χ1) is 12.0. The molecule has 2 aromatic rings. The molecule has 2 rings (SSSR count). The summed E-state index contributed by atoms with van der Waals surface area (Å²) in [7, 11) is 1.92. The lowest BCUT2D eigenvalue weighted by Gasteiger charge is -2.12. The summed E-state index contributed by atoms with van der Waals surface area (Å²) in [5.41, 5.74) is 2.06. The number of hydrogen-bond donors (Lipinski definition) is 2. The van der Waals surface area contributed by atoms with Gasteiger partial charge in [0.25, 0.3) is 0 Å². The van der Waals surface area contributed by atoms with Gasteiger partial charge in [0.15, 0.2) is 11.8 Å². The predicted octanol–water partition coefficient (Wildman–Crippen LogP) is 2.03. The number of aromatic nitrogens is 3. The topological polar surface area (TPSA) is 67.1 Å². The van der Waals surface area contributed by atoms with Gasteiger partial charge in [-0.1, -0.05) is 12.1 Å². The summed E-state index contributed by atoms with van der Waals surface area (Å²) in [6.07, 6.45) is 2.55. The molecule has 0 aliphatic carbocycles. The molecule has 0 aliphatic rings. The second-order valence-corrected chi connectivity index (χ2v) is 5.80. The maximum atomic E-state index is 13.2. The van der Waals surface area contributed by atoms with Crippen molar-refractivity contribution in [2.75, 3.05) is 13.1 Å². The van der Waals surface area contributed by atoms with E-state index in [1.165, 1.54) is 6.07 Å². The number of aliphatic imine (C=N–C) groups is 1. The Balaban J connectivity index is 1.95. The lowest BCUT2D eigenvalue weighted by Crippen LogP contribution is -2.38. The minimum Gasteiger partial charge on any atom is -0.356 e. The van der Waals surface area contributed by atoms with Gasteiger partial charge in [0.1, 0.15) is 18.2 Å². The van der Waals surface area contributed by atoms with E-state index < -0.39 is 0 Å². The molecule has 7 heteroatoms. The second-order valence-electron chi connectivity index (χ2n) is 5.80. The van der Waals surface area contributed by atoms with Gasteiger partial charge >= 0.3 is 0 Å². The fourth-order valence-corrected chi connectivity index (χ4v) is 2.34. The molecule has 0 bridgehead atoms. The quantitative estimate of drug-likeness (QED) is 0.458. The summed E-state index contributed by atoms with van der Waals surface area (Å²) in [4.78, 5) is 4.54.